The fraction of sp³-hybridized carbons (Fsp3) is 0.222. The van der Waals surface area contributed by atoms with Gasteiger partial charge in [-0.25, -0.2) is 0 Å². The van der Waals surface area contributed by atoms with Crippen LogP contribution in [0.1, 0.15) is 22.8 Å². The Kier molecular flexibility index (Phi) is 5.48. The summed E-state index contributed by atoms with van der Waals surface area (Å²) in [5.41, 5.74) is 2.36. The zero-order valence-corrected chi connectivity index (χ0v) is 15.1. The smallest absolute Gasteiger partial charge is 0.264 e. The maximum Gasteiger partial charge on any atom is 0.264 e. The van der Waals surface area contributed by atoms with Gasteiger partial charge in [-0.3, -0.25) is 9.78 Å². The quantitative estimate of drug-likeness (QED) is 0.712. The maximum atomic E-state index is 12.3. The van der Waals surface area contributed by atoms with Crippen molar-refractivity contribution in [3.8, 4) is 5.75 Å². The molecule has 3 rings (SSSR count). The number of hydrogen-bond donors (Lipinski definition) is 1. The van der Waals surface area contributed by atoms with Crippen molar-refractivity contribution in [3.63, 3.8) is 0 Å². The molecule has 8 heteroatoms. The summed E-state index contributed by atoms with van der Waals surface area (Å²) in [6.45, 7) is 3.76. The molecule has 0 saturated carbocycles. The number of anilines is 1. The molecule has 0 spiro atoms. The van der Waals surface area contributed by atoms with E-state index in [2.05, 4.69) is 20.4 Å². The van der Waals surface area contributed by atoms with E-state index >= 15 is 0 Å². The molecule has 0 saturated heterocycles. The second-order valence-electron chi connectivity index (χ2n) is 5.73. The number of ether oxygens (including phenoxy) is 1. The molecule has 1 N–H and O–H groups in total. The lowest BCUT2D eigenvalue weighted by Gasteiger charge is -2.09. The van der Waals surface area contributed by atoms with E-state index in [0.29, 0.717) is 28.2 Å². The van der Waals surface area contributed by atoms with Gasteiger partial charge in [0.1, 0.15) is 5.75 Å². The highest BCUT2D eigenvalue weighted by Crippen LogP contribution is 2.23. The summed E-state index contributed by atoms with van der Waals surface area (Å²) in [7, 11) is 0. The van der Waals surface area contributed by atoms with Gasteiger partial charge in [-0.2, -0.15) is 4.98 Å². The third-order valence-corrected chi connectivity index (χ3v) is 3.76. The van der Waals surface area contributed by atoms with Crippen LogP contribution in [0.4, 0.5) is 5.69 Å². The van der Waals surface area contributed by atoms with Crippen LogP contribution in [0.15, 0.2) is 41.2 Å². The van der Waals surface area contributed by atoms with E-state index in [1.165, 1.54) is 0 Å². The molecule has 0 aliphatic carbocycles. The van der Waals surface area contributed by atoms with Crippen LogP contribution in [-0.4, -0.2) is 21.0 Å². The van der Waals surface area contributed by atoms with Gasteiger partial charge >= 0.3 is 0 Å². The van der Waals surface area contributed by atoms with E-state index in [1.807, 2.05) is 13.0 Å². The van der Waals surface area contributed by atoms with Gasteiger partial charge in [0.05, 0.1) is 18.3 Å². The number of hydrogen-bond acceptors (Lipinski definition) is 6. The molecule has 0 aliphatic rings. The normalized spacial score (nSPS) is 10.6. The zero-order chi connectivity index (χ0) is 18.5. The van der Waals surface area contributed by atoms with E-state index < -0.39 is 0 Å². The van der Waals surface area contributed by atoms with Gasteiger partial charge in [0.25, 0.3) is 5.89 Å². The highest BCUT2D eigenvalue weighted by atomic mass is 35.5. The SMILES string of the molecule is Cc1noc(COc2cc(Cl)cc(CC(=O)Nc3cnccc3C)c2)n1. The Hall–Kier alpha value is -2.93. The van der Waals surface area contributed by atoms with Gasteiger partial charge in [0, 0.05) is 11.2 Å². The summed E-state index contributed by atoms with van der Waals surface area (Å²) in [5.74, 6) is 1.27. The number of halogens is 1. The maximum absolute atomic E-state index is 12.3. The second kappa shape index (κ2) is 7.97. The summed E-state index contributed by atoms with van der Waals surface area (Å²) >= 11 is 6.13. The first-order valence-electron chi connectivity index (χ1n) is 7.91. The first-order chi connectivity index (χ1) is 12.5. The van der Waals surface area contributed by atoms with E-state index in [0.717, 1.165) is 11.1 Å². The molecule has 2 heterocycles. The number of nitrogens with zero attached hydrogens (tertiary/aromatic N) is 3. The zero-order valence-electron chi connectivity index (χ0n) is 14.3. The van der Waals surface area contributed by atoms with E-state index in [-0.39, 0.29) is 18.9 Å². The van der Waals surface area contributed by atoms with Crippen molar-refractivity contribution in [2.45, 2.75) is 26.9 Å². The molecule has 2 aromatic heterocycles. The van der Waals surface area contributed by atoms with Crippen molar-refractivity contribution >= 4 is 23.2 Å². The molecule has 0 bridgehead atoms. The van der Waals surface area contributed by atoms with Gasteiger partial charge in [-0.15, -0.1) is 0 Å². The molecule has 1 aromatic carbocycles. The minimum absolute atomic E-state index is 0.127. The van der Waals surface area contributed by atoms with Crippen molar-refractivity contribution in [2.24, 2.45) is 0 Å². The van der Waals surface area contributed by atoms with Gasteiger partial charge < -0.3 is 14.6 Å². The van der Waals surface area contributed by atoms with Gasteiger partial charge in [0.2, 0.25) is 5.91 Å². The molecular formula is C18H17ClN4O3. The van der Waals surface area contributed by atoms with Crippen LogP contribution in [0.3, 0.4) is 0 Å². The molecular weight excluding hydrogens is 356 g/mol. The van der Waals surface area contributed by atoms with Gasteiger partial charge in [-0.05, 0) is 49.2 Å². The fourth-order valence-electron chi connectivity index (χ4n) is 2.32. The van der Waals surface area contributed by atoms with E-state index in [4.69, 9.17) is 20.9 Å². The molecule has 26 heavy (non-hydrogen) atoms. The molecule has 3 aromatic rings. The summed E-state index contributed by atoms with van der Waals surface area (Å²) in [6.07, 6.45) is 3.45. The number of aryl methyl sites for hydroxylation is 2. The van der Waals surface area contributed by atoms with Crippen LogP contribution in [0.25, 0.3) is 0 Å². The molecule has 1 amide bonds. The Morgan fingerprint density at radius 1 is 1.31 bits per heavy atom. The number of carbonyl (C=O) groups excluding carboxylic acids is 1. The van der Waals surface area contributed by atoms with Crippen LogP contribution in [0.2, 0.25) is 5.02 Å². The third kappa shape index (κ3) is 4.80. The Labute approximate surface area is 155 Å². The predicted molar refractivity (Wildman–Crippen MR) is 96.1 cm³/mol. The predicted octanol–water partition coefficient (Wildman–Crippen LogP) is 3.50. The Balaban J connectivity index is 1.65. The number of aromatic nitrogens is 3. The number of carbonyl (C=O) groups is 1. The van der Waals surface area contributed by atoms with Crippen molar-refractivity contribution < 1.29 is 14.1 Å². The monoisotopic (exact) mass is 372 g/mol. The topological polar surface area (TPSA) is 90.1 Å². The lowest BCUT2D eigenvalue weighted by molar-refractivity contribution is -0.115. The van der Waals surface area contributed by atoms with Crippen molar-refractivity contribution in [1.29, 1.82) is 0 Å². The van der Waals surface area contributed by atoms with E-state index in [9.17, 15) is 4.79 Å². The van der Waals surface area contributed by atoms with Crippen molar-refractivity contribution in [1.82, 2.24) is 15.1 Å². The molecule has 7 nitrogen and oxygen atoms in total. The Bertz CT molecular complexity index is 926. The highest BCUT2D eigenvalue weighted by Gasteiger charge is 2.10. The van der Waals surface area contributed by atoms with Gasteiger partial charge in [-0.1, -0.05) is 16.8 Å². The summed E-state index contributed by atoms with van der Waals surface area (Å²) < 4.78 is 10.6. The average molecular weight is 373 g/mol. The molecule has 0 atom stereocenters. The Morgan fingerprint density at radius 2 is 2.15 bits per heavy atom. The number of amides is 1. The number of nitrogens with one attached hydrogen (secondary N) is 1. The third-order valence-electron chi connectivity index (χ3n) is 3.54. The largest absolute Gasteiger partial charge is 0.484 e. The average Bonchev–Trinajstić information content (AvgIpc) is 3.00. The van der Waals surface area contributed by atoms with Crippen molar-refractivity contribution in [2.75, 3.05) is 5.32 Å². The lowest BCUT2D eigenvalue weighted by Crippen LogP contribution is -2.15. The highest BCUT2D eigenvalue weighted by molar-refractivity contribution is 6.30. The summed E-state index contributed by atoms with van der Waals surface area (Å²) in [5, 5.41) is 7.02. The first kappa shape index (κ1) is 17.9. The summed E-state index contributed by atoms with van der Waals surface area (Å²) in [6, 6.07) is 6.98. The minimum Gasteiger partial charge on any atom is -0.484 e. The molecule has 0 unspecified atom stereocenters. The number of rotatable bonds is 6. The standard InChI is InChI=1S/C18H17ClN4O3/c1-11-3-4-20-9-16(11)22-17(24)7-13-5-14(19)8-15(6-13)25-10-18-21-12(2)23-26-18/h3-6,8-9H,7,10H2,1-2H3,(H,22,24). The van der Waals surface area contributed by atoms with Crippen LogP contribution >= 0.6 is 11.6 Å². The first-order valence-corrected chi connectivity index (χ1v) is 8.29. The second-order valence-corrected chi connectivity index (χ2v) is 6.17. The minimum atomic E-state index is -0.165. The summed E-state index contributed by atoms with van der Waals surface area (Å²) in [4.78, 5) is 20.4. The number of pyridine rings is 1. The van der Waals surface area contributed by atoms with Crippen molar-refractivity contribution in [3.05, 3.63) is 64.5 Å². The number of benzene rings is 1. The van der Waals surface area contributed by atoms with E-state index in [1.54, 1.807) is 37.5 Å². The van der Waals surface area contributed by atoms with Crippen LogP contribution in [0, 0.1) is 13.8 Å². The lowest BCUT2D eigenvalue weighted by atomic mass is 10.1. The van der Waals surface area contributed by atoms with Crippen LogP contribution < -0.4 is 10.1 Å². The molecule has 0 radical (unpaired) electrons. The fourth-order valence-corrected chi connectivity index (χ4v) is 2.57. The van der Waals surface area contributed by atoms with Crippen LogP contribution in [-0.2, 0) is 17.8 Å². The Morgan fingerprint density at radius 3 is 2.88 bits per heavy atom. The molecule has 134 valence electrons. The molecule has 0 fully saturated rings. The van der Waals surface area contributed by atoms with Crippen LogP contribution in [0.5, 0.6) is 5.75 Å². The van der Waals surface area contributed by atoms with Gasteiger partial charge in [0.15, 0.2) is 12.4 Å². The molecule has 0 aliphatic heterocycles.